The van der Waals surface area contributed by atoms with Gasteiger partial charge in [0, 0.05) is 6.92 Å². The number of esters is 1. The molecule has 1 saturated heterocycles. The van der Waals surface area contributed by atoms with E-state index in [4.69, 9.17) is 0 Å². The lowest BCUT2D eigenvalue weighted by Crippen LogP contribution is -2.27. The Morgan fingerprint density at radius 3 is 2.64 bits per heavy atom. The molecule has 1 heterocycles. The van der Waals surface area contributed by atoms with E-state index < -0.39 is 23.9 Å². The molecule has 0 aliphatic carbocycles. The third-order valence-corrected chi connectivity index (χ3v) is 1.23. The van der Waals surface area contributed by atoms with Crippen LogP contribution < -0.4 is 5.32 Å². The number of ether oxygens (including phenoxy) is 1. The lowest BCUT2D eigenvalue weighted by molar-refractivity contribution is -0.151. The van der Waals surface area contributed by atoms with Crippen molar-refractivity contribution in [2.75, 3.05) is 0 Å². The molecule has 5 heteroatoms. The third-order valence-electron chi connectivity index (χ3n) is 1.23. The summed E-state index contributed by atoms with van der Waals surface area (Å²) >= 11 is 0. The van der Waals surface area contributed by atoms with Crippen molar-refractivity contribution in [3.63, 3.8) is 0 Å². The maximum absolute atomic E-state index is 10.7. The van der Waals surface area contributed by atoms with Crippen molar-refractivity contribution in [1.82, 2.24) is 5.32 Å². The first-order chi connectivity index (χ1) is 5.09. The number of hydrogen-bond acceptors (Lipinski definition) is 4. The first-order valence-corrected chi connectivity index (χ1v) is 3.10. The Kier molecular flexibility index (Phi) is 1.89. The van der Waals surface area contributed by atoms with Crippen molar-refractivity contribution in [3.8, 4) is 0 Å². The topological polar surface area (TPSA) is 72.5 Å². The van der Waals surface area contributed by atoms with Gasteiger partial charge in [0.2, 0.25) is 5.91 Å². The number of nitrogens with one attached hydrogen (secondary N) is 1. The molecule has 1 aliphatic rings. The molecule has 0 unspecified atom stereocenters. The first-order valence-electron chi connectivity index (χ1n) is 3.10. The predicted octanol–water partition coefficient (Wildman–Crippen LogP) is -1.04. The Labute approximate surface area is 62.7 Å². The zero-order valence-corrected chi connectivity index (χ0v) is 5.92. The summed E-state index contributed by atoms with van der Waals surface area (Å²) in [4.78, 5) is 31.6. The van der Waals surface area contributed by atoms with Gasteiger partial charge in [-0.2, -0.15) is 0 Å². The molecule has 0 bridgehead atoms. The van der Waals surface area contributed by atoms with Gasteiger partial charge in [-0.3, -0.25) is 19.7 Å². The second-order valence-corrected chi connectivity index (χ2v) is 2.21. The number of carbonyl (C=O) groups excluding carboxylic acids is 3. The van der Waals surface area contributed by atoms with E-state index in [1.165, 1.54) is 6.92 Å². The number of imide groups is 1. The highest BCUT2D eigenvalue weighted by molar-refractivity contribution is 6.05. The summed E-state index contributed by atoms with van der Waals surface area (Å²) in [6.07, 6.45) is -0.974. The summed E-state index contributed by atoms with van der Waals surface area (Å²) < 4.78 is 4.52. The maximum atomic E-state index is 10.7. The van der Waals surface area contributed by atoms with Crippen LogP contribution in [0.3, 0.4) is 0 Å². The SMILES string of the molecule is CC(=O)O[C@@H]1CC(=O)NC1=O. The Balaban J connectivity index is 2.53. The molecule has 1 N–H and O–H groups in total. The quantitative estimate of drug-likeness (QED) is 0.390. The number of hydrogen-bond donors (Lipinski definition) is 1. The highest BCUT2D eigenvalue weighted by atomic mass is 16.5. The molecule has 1 fully saturated rings. The number of carbonyl (C=O) groups is 3. The molecule has 0 spiro atoms. The lowest BCUT2D eigenvalue weighted by Gasteiger charge is -2.04. The van der Waals surface area contributed by atoms with Crippen LogP contribution in [0.15, 0.2) is 0 Å². The first kappa shape index (κ1) is 7.71. The fourth-order valence-corrected chi connectivity index (χ4v) is 0.826. The van der Waals surface area contributed by atoms with E-state index in [9.17, 15) is 14.4 Å². The Hall–Kier alpha value is -1.39. The van der Waals surface area contributed by atoms with Crippen molar-refractivity contribution in [3.05, 3.63) is 0 Å². The van der Waals surface area contributed by atoms with E-state index >= 15 is 0 Å². The van der Waals surface area contributed by atoms with Crippen LogP contribution in [0.4, 0.5) is 0 Å². The van der Waals surface area contributed by atoms with Gasteiger partial charge in [0.15, 0.2) is 6.10 Å². The Morgan fingerprint density at radius 2 is 2.27 bits per heavy atom. The van der Waals surface area contributed by atoms with Crippen LogP contribution in [-0.4, -0.2) is 23.9 Å². The van der Waals surface area contributed by atoms with Crippen LogP contribution >= 0.6 is 0 Å². The average molecular weight is 157 g/mol. The molecule has 0 aromatic heterocycles. The van der Waals surface area contributed by atoms with Gasteiger partial charge in [-0.15, -0.1) is 0 Å². The summed E-state index contributed by atoms with van der Waals surface area (Å²) in [5, 5.41) is 2.02. The minimum Gasteiger partial charge on any atom is -0.452 e. The number of amides is 2. The zero-order valence-electron chi connectivity index (χ0n) is 5.92. The van der Waals surface area contributed by atoms with Gasteiger partial charge in [-0.1, -0.05) is 0 Å². The molecule has 11 heavy (non-hydrogen) atoms. The van der Waals surface area contributed by atoms with Crippen molar-refractivity contribution >= 4 is 17.8 Å². The van der Waals surface area contributed by atoms with Crippen LogP contribution in [-0.2, 0) is 19.1 Å². The molecule has 60 valence electrons. The maximum Gasteiger partial charge on any atom is 0.303 e. The van der Waals surface area contributed by atoms with E-state index in [2.05, 4.69) is 4.74 Å². The molecular formula is C6H7NO4. The molecule has 1 aliphatic heterocycles. The molecule has 2 amide bonds. The summed E-state index contributed by atoms with van der Waals surface area (Å²) in [7, 11) is 0. The van der Waals surface area contributed by atoms with Crippen LogP contribution in [0.25, 0.3) is 0 Å². The fourth-order valence-electron chi connectivity index (χ4n) is 0.826. The molecule has 5 nitrogen and oxygen atoms in total. The predicted molar refractivity (Wildman–Crippen MR) is 33.3 cm³/mol. The molecule has 0 aromatic rings. The molecule has 1 atom stereocenters. The van der Waals surface area contributed by atoms with Gasteiger partial charge >= 0.3 is 5.97 Å². The molecule has 0 radical (unpaired) electrons. The van der Waals surface area contributed by atoms with E-state index in [0.717, 1.165) is 0 Å². The van der Waals surface area contributed by atoms with Crippen molar-refractivity contribution in [2.45, 2.75) is 19.4 Å². The fraction of sp³-hybridized carbons (Fsp3) is 0.500. The highest BCUT2D eigenvalue weighted by Gasteiger charge is 2.32. The van der Waals surface area contributed by atoms with Gasteiger partial charge < -0.3 is 4.74 Å². The molecule has 0 aromatic carbocycles. The van der Waals surface area contributed by atoms with Gasteiger partial charge in [-0.05, 0) is 0 Å². The monoisotopic (exact) mass is 157 g/mol. The van der Waals surface area contributed by atoms with Crippen molar-refractivity contribution in [1.29, 1.82) is 0 Å². The Bertz CT molecular complexity index is 223. The highest BCUT2D eigenvalue weighted by Crippen LogP contribution is 2.05. The van der Waals surface area contributed by atoms with Crippen molar-refractivity contribution < 1.29 is 19.1 Å². The van der Waals surface area contributed by atoms with Crippen LogP contribution in [0.2, 0.25) is 0 Å². The largest absolute Gasteiger partial charge is 0.452 e. The summed E-state index contributed by atoms with van der Waals surface area (Å²) in [6, 6.07) is 0. The summed E-state index contributed by atoms with van der Waals surface area (Å²) in [6.45, 7) is 1.19. The summed E-state index contributed by atoms with van der Waals surface area (Å²) in [5.74, 6) is -1.49. The minimum atomic E-state index is -0.917. The van der Waals surface area contributed by atoms with E-state index in [1.807, 2.05) is 5.32 Å². The van der Waals surface area contributed by atoms with Crippen LogP contribution in [0, 0.1) is 0 Å². The third kappa shape index (κ3) is 1.76. The van der Waals surface area contributed by atoms with E-state index in [1.54, 1.807) is 0 Å². The molecular weight excluding hydrogens is 150 g/mol. The molecule has 0 saturated carbocycles. The van der Waals surface area contributed by atoms with E-state index in [-0.39, 0.29) is 6.42 Å². The van der Waals surface area contributed by atoms with Gasteiger partial charge in [0.25, 0.3) is 5.91 Å². The standard InChI is InChI=1S/C6H7NO4/c1-3(8)11-4-2-5(9)7-6(4)10/h4H,2H2,1H3,(H,7,9,10)/t4-/m1/s1. The van der Waals surface area contributed by atoms with Gasteiger partial charge in [0.05, 0.1) is 6.42 Å². The second-order valence-electron chi connectivity index (χ2n) is 2.21. The Morgan fingerprint density at radius 1 is 1.64 bits per heavy atom. The van der Waals surface area contributed by atoms with Crippen LogP contribution in [0.1, 0.15) is 13.3 Å². The average Bonchev–Trinajstić information content (AvgIpc) is 2.09. The minimum absolute atomic E-state index is 0.0571. The normalized spacial score (nSPS) is 23.2. The summed E-state index contributed by atoms with van der Waals surface area (Å²) in [5.41, 5.74) is 0. The number of rotatable bonds is 1. The smallest absolute Gasteiger partial charge is 0.303 e. The van der Waals surface area contributed by atoms with Gasteiger partial charge in [0.1, 0.15) is 0 Å². The zero-order chi connectivity index (χ0) is 8.43. The second kappa shape index (κ2) is 2.69. The van der Waals surface area contributed by atoms with E-state index in [0.29, 0.717) is 0 Å². The van der Waals surface area contributed by atoms with Crippen molar-refractivity contribution in [2.24, 2.45) is 0 Å². The van der Waals surface area contributed by atoms with Crippen LogP contribution in [0.5, 0.6) is 0 Å². The molecule has 1 rings (SSSR count). The lowest BCUT2D eigenvalue weighted by atomic mass is 10.3. The van der Waals surface area contributed by atoms with Gasteiger partial charge in [-0.25, -0.2) is 0 Å².